The van der Waals surface area contributed by atoms with Gasteiger partial charge in [-0.05, 0) is 69.4 Å². The molecule has 21 heteroatoms. The highest BCUT2D eigenvalue weighted by molar-refractivity contribution is 7.98. The number of primary amides is 1. The maximum absolute atomic E-state index is 13.4. The summed E-state index contributed by atoms with van der Waals surface area (Å²) in [6.45, 7) is 2.72. The van der Waals surface area contributed by atoms with Crippen LogP contribution < -0.4 is 55.3 Å². The molecule has 0 aromatic heterocycles. The maximum atomic E-state index is 13.4. The van der Waals surface area contributed by atoms with Crippen LogP contribution >= 0.6 is 11.8 Å². The number of carbonyl (C=O) groups is 7. The SMILES string of the molecule is CSCC[C@H](N)C(=O)N[C@@H](CCC(N)=O)C(=O)N[C@H](C(=O)N[C@@H](CO)C(=O)N[C@@H](CCCCN)C(=O)N[C@@H](CCCN=C(N)N)C(=O)O)C(C)C. The molecule has 0 aliphatic heterocycles. The first-order valence-corrected chi connectivity index (χ1v) is 18.0. The van der Waals surface area contributed by atoms with Crippen molar-refractivity contribution in [1.29, 1.82) is 0 Å². The summed E-state index contributed by atoms with van der Waals surface area (Å²) in [5, 5.41) is 31.9. The van der Waals surface area contributed by atoms with Crippen molar-refractivity contribution in [3.8, 4) is 0 Å². The number of thioether (sulfide) groups is 1. The number of aliphatic imine (C=N–C) groups is 1. The Morgan fingerprint density at radius 3 is 1.76 bits per heavy atom. The van der Waals surface area contributed by atoms with Gasteiger partial charge in [-0.3, -0.25) is 33.8 Å². The standard InChI is InChI=1S/C30H57N11O9S/c1-16(2)23(41-26(46)19(9-10-22(33)43)37-24(44)17(32)11-14-51-3)28(48)40-21(15-42)27(47)38-18(7-4-5-12-31)25(45)39-20(29(49)50)8-6-13-36-30(34)35/h16-21,23,42H,4-15,31-32H2,1-3H3,(H2,33,43)(H,37,44)(H,38,47)(H,39,45)(H,40,48)(H,41,46)(H,49,50)(H4,34,35,36)/t17-,18-,19-,20-,21-,23-/m0/s1. The summed E-state index contributed by atoms with van der Waals surface area (Å²) < 4.78 is 0. The van der Waals surface area contributed by atoms with E-state index in [9.17, 15) is 43.8 Å². The van der Waals surface area contributed by atoms with Crippen LogP contribution in [0.2, 0.25) is 0 Å². The lowest BCUT2D eigenvalue weighted by molar-refractivity contribution is -0.142. The lowest BCUT2D eigenvalue weighted by Gasteiger charge is -2.28. The Morgan fingerprint density at radius 1 is 0.706 bits per heavy atom. The predicted octanol–water partition coefficient (Wildman–Crippen LogP) is -4.33. The molecular weight excluding hydrogens is 690 g/mol. The van der Waals surface area contributed by atoms with Gasteiger partial charge in [-0.15, -0.1) is 0 Å². The number of amides is 6. The molecule has 0 spiro atoms. The van der Waals surface area contributed by atoms with E-state index in [0.29, 0.717) is 31.6 Å². The molecule has 0 bridgehead atoms. The summed E-state index contributed by atoms with van der Waals surface area (Å²) >= 11 is 1.48. The van der Waals surface area contributed by atoms with Crippen LogP contribution in [-0.4, -0.2) is 126 Å². The normalized spacial score (nSPS) is 14.5. The molecule has 6 amide bonds. The molecule has 6 atom stereocenters. The first-order valence-electron chi connectivity index (χ1n) is 16.6. The van der Waals surface area contributed by atoms with E-state index < -0.39 is 90.2 Å². The number of carboxylic acids is 1. The average molecular weight is 748 g/mol. The molecule has 17 N–H and O–H groups in total. The number of nitrogens with two attached hydrogens (primary N) is 5. The van der Waals surface area contributed by atoms with Crippen molar-refractivity contribution in [2.45, 2.75) is 101 Å². The zero-order valence-electron chi connectivity index (χ0n) is 29.5. The van der Waals surface area contributed by atoms with E-state index in [0.717, 1.165) is 0 Å². The van der Waals surface area contributed by atoms with Gasteiger partial charge in [0.2, 0.25) is 35.4 Å². The molecule has 0 aliphatic carbocycles. The van der Waals surface area contributed by atoms with Crippen molar-refractivity contribution in [3.63, 3.8) is 0 Å². The van der Waals surface area contributed by atoms with Gasteiger partial charge in [-0.2, -0.15) is 11.8 Å². The number of aliphatic carboxylic acids is 1. The van der Waals surface area contributed by atoms with Crippen molar-refractivity contribution in [2.75, 3.05) is 31.7 Å². The first-order chi connectivity index (χ1) is 24.0. The fourth-order valence-electron chi connectivity index (χ4n) is 4.52. The molecule has 0 saturated carbocycles. The molecule has 0 radical (unpaired) electrons. The van der Waals surface area contributed by atoms with Gasteiger partial charge in [0.05, 0.1) is 12.6 Å². The summed E-state index contributed by atoms with van der Waals surface area (Å²) in [7, 11) is 0. The van der Waals surface area contributed by atoms with E-state index in [-0.39, 0.29) is 44.6 Å². The number of unbranched alkanes of at least 4 members (excludes halogenated alkanes) is 1. The summed E-state index contributed by atoms with van der Waals surface area (Å²) in [5.74, 6) is -6.30. The van der Waals surface area contributed by atoms with Crippen LogP contribution in [0, 0.1) is 5.92 Å². The zero-order chi connectivity index (χ0) is 39.1. The smallest absolute Gasteiger partial charge is 0.326 e. The summed E-state index contributed by atoms with van der Waals surface area (Å²) in [5.41, 5.74) is 27.3. The van der Waals surface area contributed by atoms with Crippen LogP contribution in [0.15, 0.2) is 4.99 Å². The van der Waals surface area contributed by atoms with Crippen LogP contribution in [0.3, 0.4) is 0 Å². The molecule has 0 aliphatic rings. The number of aliphatic hydroxyl groups excluding tert-OH is 1. The number of guanidine groups is 1. The van der Waals surface area contributed by atoms with Gasteiger partial charge >= 0.3 is 5.97 Å². The van der Waals surface area contributed by atoms with Crippen molar-refractivity contribution in [2.24, 2.45) is 39.6 Å². The summed E-state index contributed by atoms with van der Waals surface area (Å²) in [4.78, 5) is 92.7. The Bertz CT molecular complexity index is 1190. The average Bonchev–Trinajstić information content (AvgIpc) is 3.06. The fraction of sp³-hybridized carbons (Fsp3) is 0.733. The van der Waals surface area contributed by atoms with E-state index >= 15 is 0 Å². The van der Waals surface area contributed by atoms with Crippen LogP contribution in [-0.2, 0) is 33.6 Å². The molecule has 0 aromatic rings. The Hall–Kier alpha value is -4.21. The zero-order valence-corrected chi connectivity index (χ0v) is 30.3. The molecule has 292 valence electrons. The highest BCUT2D eigenvalue weighted by Gasteiger charge is 2.33. The molecule has 0 heterocycles. The van der Waals surface area contributed by atoms with E-state index in [1.54, 1.807) is 13.8 Å². The molecule has 0 unspecified atom stereocenters. The second-order valence-electron chi connectivity index (χ2n) is 12.1. The minimum Gasteiger partial charge on any atom is -0.480 e. The molecule has 51 heavy (non-hydrogen) atoms. The van der Waals surface area contributed by atoms with Gasteiger partial charge in [0, 0.05) is 13.0 Å². The van der Waals surface area contributed by atoms with Crippen LogP contribution in [0.25, 0.3) is 0 Å². The first kappa shape index (κ1) is 46.8. The van der Waals surface area contributed by atoms with Gasteiger partial charge in [0.25, 0.3) is 0 Å². The van der Waals surface area contributed by atoms with Crippen molar-refractivity contribution in [1.82, 2.24) is 26.6 Å². The minimum atomic E-state index is -1.59. The third-order valence-corrected chi connectivity index (χ3v) is 8.13. The van der Waals surface area contributed by atoms with Gasteiger partial charge in [0.1, 0.15) is 30.2 Å². The number of aliphatic hydroxyl groups is 1. The molecular formula is C30H57N11O9S. The largest absolute Gasteiger partial charge is 0.480 e. The van der Waals surface area contributed by atoms with Gasteiger partial charge < -0.3 is 65.5 Å². The summed E-state index contributed by atoms with van der Waals surface area (Å²) in [6, 6.07) is -7.66. The maximum Gasteiger partial charge on any atom is 0.326 e. The highest BCUT2D eigenvalue weighted by atomic mass is 32.2. The predicted molar refractivity (Wildman–Crippen MR) is 191 cm³/mol. The lowest BCUT2D eigenvalue weighted by Crippen LogP contribution is -2.61. The topological polar surface area (TPSA) is 363 Å². The Balaban J connectivity index is 5.84. The number of hydrogen-bond acceptors (Lipinski definition) is 12. The third kappa shape index (κ3) is 19.7. The van der Waals surface area contributed by atoms with Crippen molar-refractivity contribution in [3.05, 3.63) is 0 Å². The Kier molecular flexibility index (Phi) is 23.6. The minimum absolute atomic E-state index is 0.0170. The van der Waals surface area contributed by atoms with Gasteiger partial charge in [-0.1, -0.05) is 13.8 Å². The lowest BCUT2D eigenvalue weighted by atomic mass is 10.0. The Labute approximate surface area is 302 Å². The monoisotopic (exact) mass is 747 g/mol. The van der Waals surface area contributed by atoms with Gasteiger partial charge in [0.15, 0.2) is 5.96 Å². The van der Waals surface area contributed by atoms with Crippen molar-refractivity contribution >= 4 is 59.1 Å². The number of carboxylic acid groups (broad SMARTS) is 1. The van der Waals surface area contributed by atoms with Crippen LogP contribution in [0.1, 0.15) is 65.2 Å². The van der Waals surface area contributed by atoms with E-state index in [1.165, 1.54) is 11.8 Å². The highest BCUT2D eigenvalue weighted by Crippen LogP contribution is 2.08. The molecule has 0 aromatic carbocycles. The van der Waals surface area contributed by atoms with Crippen molar-refractivity contribution < 1.29 is 43.8 Å². The molecule has 0 rings (SSSR count). The number of nitrogens with zero attached hydrogens (tertiary/aromatic N) is 1. The number of nitrogens with one attached hydrogen (secondary N) is 5. The van der Waals surface area contributed by atoms with Crippen LogP contribution in [0.5, 0.6) is 0 Å². The number of carbonyl (C=O) groups excluding carboxylic acids is 6. The molecule has 20 nitrogen and oxygen atoms in total. The van der Waals surface area contributed by atoms with Gasteiger partial charge in [-0.25, -0.2) is 4.79 Å². The summed E-state index contributed by atoms with van der Waals surface area (Å²) in [6.07, 6.45) is 2.88. The number of hydrogen-bond donors (Lipinski definition) is 12. The van der Waals surface area contributed by atoms with E-state index in [1.807, 2.05) is 6.26 Å². The number of rotatable bonds is 27. The molecule has 0 saturated heterocycles. The van der Waals surface area contributed by atoms with Crippen LogP contribution in [0.4, 0.5) is 0 Å². The second kappa shape index (κ2) is 25.7. The molecule has 0 fully saturated rings. The second-order valence-corrected chi connectivity index (χ2v) is 13.1. The Morgan fingerprint density at radius 2 is 1.24 bits per heavy atom. The fourth-order valence-corrected chi connectivity index (χ4v) is 5.01. The third-order valence-electron chi connectivity index (χ3n) is 7.48. The van der Waals surface area contributed by atoms with E-state index in [2.05, 4.69) is 31.6 Å². The quantitative estimate of drug-likeness (QED) is 0.0215. The van der Waals surface area contributed by atoms with E-state index in [4.69, 9.17) is 28.7 Å².